The Morgan fingerprint density at radius 1 is 1.27 bits per heavy atom. The van der Waals surface area contributed by atoms with Crippen LogP contribution in [-0.4, -0.2) is 31.6 Å². The molecule has 0 rings (SSSR count). The topological polar surface area (TPSA) is 52.8 Å². The molecule has 1 unspecified atom stereocenters. The van der Waals surface area contributed by atoms with Crippen molar-refractivity contribution in [2.75, 3.05) is 0 Å². The second-order valence-electron chi connectivity index (χ2n) is 2.87. The second kappa shape index (κ2) is 4.53. The van der Waals surface area contributed by atoms with E-state index in [1.54, 1.807) is 0 Å². The Kier molecular flexibility index (Phi) is 4.56. The van der Waals surface area contributed by atoms with E-state index in [2.05, 4.69) is 16.8 Å². The third kappa shape index (κ3) is 3.27. The van der Waals surface area contributed by atoms with E-state index >= 15 is 0 Å². The molecule has 0 saturated heterocycles. The largest absolute Gasteiger partial charge is 0.411 e. The first kappa shape index (κ1) is 15.1. The smallest absolute Gasteiger partial charge is 0.356 e. The van der Waals surface area contributed by atoms with Crippen LogP contribution in [0.15, 0.2) is 5.16 Å². The Morgan fingerprint density at radius 2 is 1.67 bits per heavy atom. The van der Waals surface area contributed by atoms with Crippen molar-refractivity contribution in [3.8, 4) is 0 Å². The molecule has 0 radical (unpaired) electrons. The third-order valence-electron chi connectivity index (χ3n) is 1.62. The van der Waals surface area contributed by atoms with Crippen molar-refractivity contribution in [2.45, 2.75) is 28.9 Å². The number of hydrogen-bond donors (Lipinski definition) is 2. The molecule has 3 nitrogen and oxygen atoms in total. The lowest BCUT2D eigenvalue weighted by molar-refractivity contribution is -0.153. The van der Waals surface area contributed by atoms with Gasteiger partial charge in [0.1, 0.15) is 0 Å². The summed E-state index contributed by atoms with van der Waals surface area (Å²) < 4.78 is 34.8. The lowest BCUT2D eigenvalue weighted by Gasteiger charge is -2.35. The molecule has 0 amide bonds. The first-order chi connectivity index (χ1) is 6.45. The number of nitrogens with zero attached hydrogens (tertiary/aromatic N) is 1. The highest BCUT2D eigenvalue weighted by Crippen LogP contribution is 2.49. The van der Waals surface area contributed by atoms with E-state index < -0.39 is 27.7 Å². The highest BCUT2D eigenvalue weighted by Gasteiger charge is 2.65. The maximum atomic E-state index is 13.0. The lowest BCUT2D eigenvalue weighted by Crippen LogP contribution is -2.56. The molecule has 0 aromatic heterocycles. The van der Waals surface area contributed by atoms with E-state index in [9.17, 15) is 18.3 Å². The van der Waals surface area contributed by atoms with Gasteiger partial charge in [0.2, 0.25) is 5.60 Å². The van der Waals surface area contributed by atoms with Gasteiger partial charge in [0.25, 0.3) is 4.59 Å². The fraction of sp³-hybridized carbons (Fsp3) is 0.833. The van der Waals surface area contributed by atoms with Crippen LogP contribution in [0.3, 0.4) is 0 Å². The molecule has 90 valence electrons. The summed E-state index contributed by atoms with van der Waals surface area (Å²) in [5.74, 6) is 0. The van der Waals surface area contributed by atoms with Crippen LogP contribution in [0.1, 0.15) is 13.3 Å². The first-order valence-corrected chi connectivity index (χ1v) is 4.62. The Bertz CT molecular complexity index is 247. The van der Waals surface area contributed by atoms with Gasteiger partial charge in [-0.25, -0.2) is 4.39 Å². The first-order valence-electron chi connectivity index (χ1n) is 3.49. The fourth-order valence-corrected chi connectivity index (χ4v) is 1.43. The van der Waals surface area contributed by atoms with Crippen LogP contribution in [0, 0.1) is 0 Å². The standard InChI is InChI=1S/C6H7Cl3F3NO2/c1-3(13-15)2-4(14,5(7,8)10)6(9,11)12/h14-15H,2H2,1H3/b13-3-. The zero-order valence-electron chi connectivity index (χ0n) is 7.32. The molecule has 0 saturated carbocycles. The van der Waals surface area contributed by atoms with Gasteiger partial charge >= 0.3 is 5.38 Å². The summed E-state index contributed by atoms with van der Waals surface area (Å²) in [5, 5.41) is 15.5. The monoisotopic (exact) mass is 287 g/mol. The van der Waals surface area contributed by atoms with Crippen molar-refractivity contribution in [1.82, 2.24) is 0 Å². The van der Waals surface area contributed by atoms with Gasteiger partial charge in [0, 0.05) is 6.42 Å². The average Bonchev–Trinajstić information content (AvgIpc) is 1.99. The van der Waals surface area contributed by atoms with Crippen molar-refractivity contribution >= 4 is 40.5 Å². The van der Waals surface area contributed by atoms with E-state index in [1.807, 2.05) is 0 Å². The number of rotatable bonds is 4. The second-order valence-corrected chi connectivity index (χ2v) is 4.58. The van der Waals surface area contributed by atoms with Gasteiger partial charge in [-0.15, -0.1) is 0 Å². The van der Waals surface area contributed by atoms with Gasteiger partial charge in [0.15, 0.2) is 0 Å². The molecule has 0 heterocycles. The minimum atomic E-state index is -4.43. The fourth-order valence-electron chi connectivity index (χ4n) is 0.767. The molecular weight excluding hydrogens is 281 g/mol. The number of alkyl halides is 6. The highest BCUT2D eigenvalue weighted by molar-refractivity contribution is 6.48. The van der Waals surface area contributed by atoms with Gasteiger partial charge in [-0.05, 0) is 18.5 Å². The van der Waals surface area contributed by atoms with E-state index in [4.69, 9.17) is 28.4 Å². The van der Waals surface area contributed by atoms with Gasteiger partial charge < -0.3 is 10.3 Å². The van der Waals surface area contributed by atoms with E-state index in [1.165, 1.54) is 0 Å². The Morgan fingerprint density at radius 3 is 1.87 bits per heavy atom. The lowest BCUT2D eigenvalue weighted by atomic mass is 9.98. The SMILES string of the molecule is C/C(CC(O)(C(F)(F)Cl)C(F)(Cl)Cl)=N/O. The molecule has 15 heavy (non-hydrogen) atoms. The molecule has 9 heteroatoms. The van der Waals surface area contributed by atoms with Crippen LogP contribution in [0.4, 0.5) is 13.2 Å². The summed E-state index contributed by atoms with van der Waals surface area (Å²) in [7, 11) is 0. The van der Waals surface area contributed by atoms with Crippen molar-refractivity contribution in [3.63, 3.8) is 0 Å². The Hall–Kier alpha value is 0.0900. The van der Waals surface area contributed by atoms with E-state index in [-0.39, 0.29) is 0 Å². The van der Waals surface area contributed by atoms with Crippen LogP contribution in [0.25, 0.3) is 0 Å². The number of aliphatic hydroxyl groups is 1. The van der Waals surface area contributed by atoms with Crippen LogP contribution < -0.4 is 0 Å². The summed E-state index contributed by atoms with van der Waals surface area (Å²) in [5.41, 5.74) is -4.01. The van der Waals surface area contributed by atoms with Crippen molar-refractivity contribution < 1.29 is 23.5 Å². The quantitative estimate of drug-likeness (QED) is 0.362. The third-order valence-corrected chi connectivity index (χ3v) is 2.56. The summed E-state index contributed by atoms with van der Waals surface area (Å²) in [6.45, 7) is 1.05. The average molecular weight is 288 g/mol. The van der Waals surface area contributed by atoms with Crippen LogP contribution in [-0.2, 0) is 0 Å². The van der Waals surface area contributed by atoms with Crippen LogP contribution in [0.5, 0.6) is 0 Å². The van der Waals surface area contributed by atoms with Gasteiger partial charge in [-0.2, -0.15) is 8.78 Å². The molecule has 0 aliphatic heterocycles. The Balaban J connectivity index is 5.25. The van der Waals surface area contributed by atoms with E-state index in [0.717, 1.165) is 6.92 Å². The minimum absolute atomic E-state index is 0.416. The molecule has 0 fully saturated rings. The zero-order valence-corrected chi connectivity index (χ0v) is 9.58. The molecule has 0 aromatic rings. The summed E-state index contributed by atoms with van der Waals surface area (Å²) in [6, 6.07) is 0. The molecule has 0 aromatic carbocycles. The molecule has 1 atom stereocenters. The maximum Gasteiger partial charge on any atom is 0.356 e. The predicted octanol–water partition coefficient (Wildman–Crippen LogP) is 2.89. The molecule has 0 spiro atoms. The van der Waals surface area contributed by atoms with E-state index in [0.29, 0.717) is 0 Å². The normalized spacial score (nSPS) is 18.8. The van der Waals surface area contributed by atoms with Gasteiger partial charge in [0.05, 0.1) is 5.71 Å². The summed E-state index contributed by atoms with van der Waals surface area (Å²) >= 11 is 14.0. The maximum absolute atomic E-state index is 13.0. The molecule has 0 bridgehead atoms. The van der Waals surface area contributed by atoms with Crippen molar-refractivity contribution in [2.24, 2.45) is 5.16 Å². The summed E-state index contributed by atoms with van der Waals surface area (Å²) in [6.07, 6.45) is -1.14. The number of hydrogen-bond acceptors (Lipinski definition) is 3. The Labute approximate surface area is 98.4 Å². The highest BCUT2D eigenvalue weighted by atomic mass is 35.5. The van der Waals surface area contributed by atoms with Crippen LogP contribution in [0.2, 0.25) is 0 Å². The zero-order chi connectivity index (χ0) is 12.5. The van der Waals surface area contributed by atoms with Crippen molar-refractivity contribution in [3.05, 3.63) is 0 Å². The molecule has 2 N–H and O–H groups in total. The molecule has 0 aliphatic carbocycles. The molecule has 0 aliphatic rings. The molecular formula is C6H7Cl3F3NO2. The predicted molar refractivity (Wildman–Crippen MR) is 50.8 cm³/mol. The number of halogens is 6. The number of oxime groups is 1. The van der Waals surface area contributed by atoms with Crippen molar-refractivity contribution in [1.29, 1.82) is 0 Å². The summed E-state index contributed by atoms with van der Waals surface area (Å²) in [4.78, 5) is 0. The van der Waals surface area contributed by atoms with Gasteiger partial charge in [-0.1, -0.05) is 28.4 Å². The van der Waals surface area contributed by atoms with Gasteiger partial charge in [-0.3, -0.25) is 0 Å². The van der Waals surface area contributed by atoms with Crippen LogP contribution >= 0.6 is 34.8 Å². The minimum Gasteiger partial charge on any atom is -0.411 e.